The van der Waals surface area contributed by atoms with E-state index in [-0.39, 0.29) is 30.1 Å². The molecule has 0 N–H and O–H groups in total. The molecule has 0 bridgehead atoms. The van der Waals surface area contributed by atoms with E-state index in [1.54, 1.807) is 4.90 Å². The minimum absolute atomic E-state index is 0.0267. The molecule has 0 saturated carbocycles. The molecule has 1 aliphatic rings. The lowest BCUT2D eigenvalue weighted by Gasteiger charge is -2.18. The number of Topliss-reactive ketones (excluding diaryl/α,β-unsaturated/α-hetero) is 1. The van der Waals surface area contributed by atoms with Crippen molar-refractivity contribution in [3.8, 4) is 0 Å². The van der Waals surface area contributed by atoms with Crippen LogP contribution < -0.4 is 4.90 Å². The Morgan fingerprint density at radius 1 is 1.18 bits per heavy atom. The van der Waals surface area contributed by atoms with Gasteiger partial charge >= 0.3 is 5.97 Å². The number of carbonyl (C=O) groups is 3. The first-order chi connectivity index (χ1) is 13.4. The summed E-state index contributed by atoms with van der Waals surface area (Å²) in [5.41, 5.74) is 1.76. The van der Waals surface area contributed by atoms with Crippen LogP contribution >= 0.6 is 0 Å². The number of ketones is 1. The number of non-ortho nitro benzene ring substituents is 1. The second-order valence-electron chi connectivity index (χ2n) is 6.53. The lowest BCUT2D eigenvalue weighted by Crippen LogP contribution is -2.27. The van der Waals surface area contributed by atoms with Crippen molar-refractivity contribution in [2.45, 2.75) is 13.3 Å². The predicted molar refractivity (Wildman–Crippen MR) is 100 cm³/mol. The fraction of sp³-hybridized carbons (Fsp3) is 0.250. The molecule has 0 aliphatic carbocycles. The maximum Gasteiger partial charge on any atom is 0.311 e. The van der Waals surface area contributed by atoms with E-state index in [0.29, 0.717) is 0 Å². The number of carbonyl (C=O) groups excluding carboxylic acids is 3. The van der Waals surface area contributed by atoms with Crippen LogP contribution in [0.1, 0.15) is 22.3 Å². The third-order valence-corrected chi connectivity index (χ3v) is 4.61. The first-order valence-corrected chi connectivity index (χ1v) is 8.67. The van der Waals surface area contributed by atoms with Gasteiger partial charge in [-0.1, -0.05) is 18.2 Å². The Kier molecular flexibility index (Phi) is 5.49. The summed E-state index contributed by atoms with van der Waals surface area (Å²) in [6.45, 7) is 1.61. The number of hydrogen-bond donors (Lipinski definition) is 0. The van der Waals surface area contributed by atoms with Gasteiger partial charge in [-0.05, 0) is 30.7 Å². The number of anilines is 1. The van der Waals surface area contributed by atoms with E-state index >= 15 is 0 Å². The highest BCUT2D eigenvalue weighted by Crippen LogP contribution is 2.28. The molecule has 1 aliphatic heterocycles. The number of hydrogen-bond acceptors (Lipinski definition) is 6. The van der Waals surface area contributed by atoms with Crippen LogP contribution in [-0.4, -0.2) is 35.7 Å². The molecule has 1 saturated heterocycles. The Bertz CT molecular complexity index is 938. The van der Waals surface area contributed by atoms with E-state index in [4.69, 9.17) is 4.74 Å². The molecule has 1 heterocycles. The third-order valence-electron chi connectivity index (χ3n) is 4.61. The minimum Gasteiger partial charge on any atom is -0.457 e. The van der Waals surface area contributed by atoms with Gasteiger partial charge in [-0.2, -0.15) is 0 Å². The quantitative estimate of drug-likeness (QED) is 0.329. The average molecular weight is 382 g/mol. The Balaban J connectivity index is 1.58. The van der Waals surface area contributed by atoms with E-state index in [2.05, 4.69) is 0 Å². The fourth-order valence-electron chi connectivity index (χ4n) is 3.07. The number of nitro groups is 1. The third kappa shape index (κ3) is 4.06. The zero-order valence-electron chi connectivity index (χ0n) is 15.2. The summed E-state index contributed by atoms with van der Waals surface area (Å²) in [5, 5.41) is 10.6. The molecular formula is C20H18N2O6. The summed E-state index contributed by atoms with van der Waals surface area (Å²) in [6.07, 6.45) is 0.0267. The molecule has 0 spiro atoms. The van der Waals surface area contributed by atoms with Gasteiger partial charge in [0, 0.05) is 36.3 Å². The van der Waals surface area contributed by atoms with E-state index in [0.717, 1.165) is 11.3 Å². The first-order valence-electron chi connectivity index (χ1n) is 8.67. The SMILES string of the molecule is Cc1ccccc1N1C[C@@H](C(=O)OCC(=O)c2ccc([N+](=O)[O-])cc2)CC1=O. The van der Waals surface area contributed by atoms with Crippen molar-refractivity contribution >= 4 is 29.0 Å². The Labute approximate surface area is 160 Å². The first kappa shape index (κ1) is 19.2. The van der Waals surface area contributed by atoms with Gasteiger partial charge < -0.3 is 9.64 Å². The second-order valence-corrected chi connectivity index (χ2v) is 6.53. The van der Waals surface area contributed by atoms with Gasteiger partial charge in [-0.3, -0.25) is 24.5 Å². The van der Waals surface area contributed by atoms with E-state index in [9.17, 15) is 24.5 Å². The molecule has 0 unspecified atom stereocenters. The minimum atomic E-state index is -0.642. The van der Waals surface area contributed by atoms with Crippen LogP contribution in [0.2, 0.25) is 0 Å². The summed E-state index contributed by atoms with van der Waals surface area (Å²) >= 11 is 0. The standard InChI is InChI=1S/C20H18N2O6/c1-13-4-2-3-5-17(13)21-11-15(10-19(21)24)20(25)28-12-18(23)14-6-8-16(9-7-14)22(26)27/h2-9,15H,10-12H2,1H3/t15-/m0/s1. The Hall–Kier alpha value is -3.55. The highest BCUT2D eigenvalue weighted by molar-refractivity contribution is 6.01. The fourth-order valence-corrected chi connectivity index (χ4v) is 3.07. The van der Waals surface area contributed by atoms with Crippen LogP contribution in [0, 0.1) is 23.0 Å². The van der Waals surface area contributed by atoms with Crippen LogP contribution in [0.5, 0.6) is 0 Å². The smallest absolute Gasteiger partial charge is 0.311 e. The molecule has 144 valence electrons. The van der Waals surface area contributed by atoms with Gasteiger partial charge in [0.05, 0.1) is 10.8 Å². The molecule has 8 heteroatoms. The van der Waals surface area contributed by atoms with Gasteiger partial charge in [0.2, 0.25) is 5.91 Å². The summed E-state index contributed by atoms with van der Waals surface area (Å²) in [5.74, 6) is -1.89. The number of amides is 1. The van der Waals surface area contributed by atoms with Crippen molar-refractivity contribution < 1.29 is 24.0 Å². The highest BCUT2D eigenvalue weighted by atomic mass is 16.6. The summed E-state index contributed by atoms with van der Waals surface area (Å²) in [7, 11) is 0. The predicted octanol–water partition coefficient (Wildman–Crippen LogP) is 2.68. The van der Waals surface area contributed by atoms with Crippen molar-refractivity contribution in [3.63, 3.8) is 0 Å². The molecule has 0 radical (unpaired) electrons. The maximum atomic E-state index is 12.3. The van der Waals surface area contributed by atoms with Crippen molar-refractivity contribution in [3.05, 3.63) is 69.8 Å². The number of rotatable bonds is 6. The molecule has 1 fully saturated rings. The van der Waals surface area contributed by atoms with Crippen LogP contribution in [0.25, 0.3) is 0 Å². The zero-order chi connectivity index (χ0) is 20.3. The molecule has 8 nitrogen and oxygen atoms in total. The van der Waals surface area contributed by atoms with Gasteiger partial charge in [0.25, 0.3) is 5.69 Å². The van der Waals surface area contributed by atoms with E-state index in [1.165, 1.54) is 24.3 Å². The lowest BCUT2D eigenvalue weighted by atomic mass is 10.1. The molecule has 1 amide bonds. The molecule has 2 aromatic rings. The van der Waals surface area contributed by atoms with Crippen molar-refractivity contribution in [1.29, 1.82) is 0 Å². The van der Waals surface area contributed by atoms with Crippen molar-refractivity contribution in [1.82, 2.24) is 0 Å². The van der Waals surface area contributed by atoms with E-state index < -0.39 is 29.2 Å². The topological polar surface area (TPSA) is 107 Å². The molecule has 1 atom stereocenters. The molecule has 28 heavy (non-hydrogen) atoms. The number of nitro benzene ring substituents is 1. The zero-order valence-corrected chi connectivity index (χ0v) is 15.2. The van der Waals surface area contributed by atoms with E-state index in [1.807, 2.05) is 31.2 Å². The summed E-state index contributed by atoms with van der Waals surface area (Å²) in [4.78, 5) is 48.3. The average Bonchev–Trinajstić information content (AvgIpc) is 3.08. The number of para-hydroxylation sites is 1. The normalized spacial score (nSPS) is 16.1. The number of nitrogens with zero attached hydrogens (tertiary/aromatic N) is 2. The number of benzene rings is 2. The van der Waals surface area contributed by atoms with Gasteiger partial charge in [-0.25, -0.2) is 0 Å². The second kappa shape index (κ2) is 7.99. The molecule has 3 rings (SSSR count). The number of aryl methyl sites for hydroxylation is 1. The van der Waals surface area contributed by atoms with Gasteiger partial charge in [0.15, 0.2) is 12.4 Å². The van der Waals surface area contributed by atoms with Gasteiger partial charge in [0.1, 0.15) is 0 Å². The molecule has 0 aromatic heterocycles. The van der Waals surface area contributed by atoms with Crippen LogP contribution in [0.3, 0.4) is 0 Å². The van der Waals surface area contributed by atoms with Gasteiger partial charge in [-0.15, -0.1) is 0 Å². The van der Waals surface area contributed by atoms with Crippen LogP contribution in [0.4, 0.5) is 11.4 Å². The number of esters is 1. The van der Waals surface area contributed by atoms with Crippen molar-refractivity contribution in [2.75, 3.05) is 18.1 Å². The Morgan fingerprint density at radius 2 is 1.86 bits per heavy atom. The van der Waals surface area contributed by atoms with Crippen molar-refractivity contribution in [2.24, 2.45) is 5.92 Å². The monoisotopic (exact) mass is 382 g/mol. The lowest BCUT2D eigenvalue weighted by molar-refractivity contribution is -0.384. The summed E-state index contributed by atoms with van der Waals surface area (Å²) in [6, 6.07) is 12.4. The summed E-state index contributed by atoms with van der Waals surface area (Å²) < 4.78 is 5.08. The van der Waals surface area contributed by atoms with Crippen LogP contribution in [-0.2, 0) is 14.3 Å². The molecular weight excluding hydrogens is 364 g/mol. The largest absolute Gasteiger partial charge is 0.457 e. The highest BCUT2D eigenvalue weighted by Gasteiger charge is 2.36. The van der Waals surface area contributed by atoms with Crippen LogP contribution in [0.15, 0.2) is 48.5 Å². The maximum absolute atomic E-state index is 12.3. The molecule has 2 aromatic carbocycles. The number of ether oxygens (including phenoxy) is 1. The Morgan fingerprint density at radius 3 is 2.50 bits per heavy atom.